The number of aldehydes is 1. The number of carbonyl (C=O) groups is 1. The third-order valence-corrected chi connectivity index (χ3v) is 2.13. The van der Waals surface area contributed by atoms with Gasteiger partial charge in [-0.15, -0.1) is 0 Å². The zero-order chi connectivity index (χ0) is 10.7. The Morgan fingerprint density at radius 3 is 3.00 bits per heavy atom. The molecule has 0 radical (unpaired) electrons. The molecule has 2 rings (SSSR count). The Hall–Kier alpha value is -1.97. The zero-order valence-electron chi connectivity index (χ0n) is 7.88. The summed E-state index contributed by atoms with van der Waals surface area (Å²) >= 11 is 0. The monoisotopic (exact) mass is 204 g/mol. The first-order valence-corrected chi connectivity index (χ1v) is 4.51. The number of carbonyl (C=O) groups excluding carboxylic acids is 1. The van der Waals surface area contributed by atoms with Gasteiger partial charge < -0.3 is 9.69 Å². The van der Waals surface area contributed by atoms with E-state index < -0.39 is 11.9 Å². The van der Waals surface area contributed by atoms with E-state index in [0.29, 0.717) is 12.1 Å². The van der Waals surface area contributed by atoms with Gasteiger partial charge in [-0.1, -0.05) is 6.07 Å². The number of aromatic nitrogens is 1. The average molecular weight is 204 g/mol. The third kappa shape index (κ3) is 1.79. The standard InChI is InChI=1S/C11H9FN2O/c12-9-4-3-7-14(10(9)8-15)11-5-1-2-6-13-11/h1-8,10H. The van der Waals surface area contributed by atoms with Gasteiger partial charge in [0.2, 0.25) is 0 Å². The maximum absolute atomic E-state index is 13.3. The largest absolute Gasteiger partial charge is 0.316 e. The van der Waals surface area contributed by atoms with Crippen molar-refractivity contribution in [2.24, 2.45) is 0 Å². The zero-order valence-corrected chi connectivity index (χ0v) is 7.88. The van der Waals surface area contributed by atoms with Gasteiger partial charge in [0.05, 0.1) is 0 Å². The number of hydrogen-bond acceptors (Lipinski definition) is 3. The molecule has 0 aromatic carbocycles. The fourth-order valence-corrected chi connectivity index (χ4v) is 1.41. The highest BCUT2D eigenvalue weighted by atomic mass is 19.1. The van der Waals surface area contributed by atoms with E-state index in [-0.39, 0.29) is 0 Å². The van der Waals surface area contributed by atoms with Gasteiger partial charge in [0.15, 0.2) is 0 Å². The second kappa shape index (κ2) is 4.04. The second-order valence-electron chi connectivity index (χ2n) is 3.07. The van der Waals surface area contributed by atoms with Crippen molar-refractivity contribution in [2.45, 2.75) is 6.04 Å². The van der Waals surface area contributed by atoms with Crippen molar-refractivity contribution in [2.75, 3.05) is 4.90 Å². The summed E-state index contributed by atoms with van der Waals surface area (Å²) in [6.07, 6.45) is 6.61. The Balaban J connectivity index is 2.34. The molecule has 1 aliphatic rings. The van der Waals surface area contributed by atoms with Crippen LogP contribution in [-0.4, -0.2) is 17.3 Å². The van der Waals surface area contributed by atoms with E-state index in [1.807, 2.05) is 0 Å². The maximum atomic E-state index is 13.3. The quantitative estimate of drug-likeness (QED) is 0.689. The molecule has 3 nitrogen and oxygen atoms in total. The molecule has 0 fully saturated rings. The Labute approximate surface area is 86.5 Å². The molecule has 1 atom stereocenters. The van der Waals surface area contributed by atoms with Crippen molar-refractivity contribution in [1.82, 2.24) is 4.98 Å². The van der Waals surface area contributed by atoms with Crippen molar-refractivity contribution in [3.63, 3.8) is 0 Å². The first-order chi connectivity index (χ1) is 7.33. The average Bonchev–Trinajstić information content (AvgIpc) is 2.30. The van der Waals surface area contributed by atoms with Crippen LogP contribution in [0.15, 0.2) is 48.6 Å². The van der Waals surface area contributed by atoms with Gasteiger partial charge in [0, 0.05) is 12.4 Å². The summed E-state index contributed by atoms with van der Waals surface area (Å²) in [5.74, 6) is 0.0762. The first-order valence-electron chi connectivity index (χ1n) is 4.51. The van der Waals surface area contributed by atoms with Crippen LogP contribution in [0, 0.1) is 0 Å². The lowest BCUT2D eigenvalue weighted by molar-refractivity contribution is -0.108. The molecule has 0 saturated heterocycles. The van der Waals surface area contributed by atoms with Crippen LogP contribution in [0.5, 0.6) is 0 Å². The molecule has 2 heterocycles. The summed E-state index contributed by atoms with van der Waals surface area (Å²) in [6, 6.07) is 4.37. The van der Waals surface area contributed by atoms with Crippen molar-refractivity contribution in [1.29, 1.82) is 0 Å². The minimum atomic E-state index is -0.898. The number of halogens is 1. The maximum Gasteiger partial charge on any atom is 0.149 e. The number of nitrogens with zero attached hydrogens (tertiary/aromatic N) is 2. The normalized spacial score (nSPS) is 19.9. The van der Waals surface area contributed by atoms with E-state index in [4.69, 9.17) is 0 Å². The number of allylic oxidation sites excluding steroid dienone is 2. The van der Waals surface area contributed by atoms with Crippen molar-refractivity contribution in [3.05, 3.63) is 48.6 Å². The Morgan fingerprint density at radius 2 is 2.33 bits per heavy atom. The van der Waals surface area contributed by atoms with Gasteiger partial charge in [-0.2, -0.15) is 0 Å². The smallest absolute Gasteiger partial charge is 0.149 e. The highest BCUT2D eigenvalue weighted by molar-refractivity contribution is 5.71. The second-order valence-corrected chi connectivity index (χ2v) is 3.07. The van der Waals surface area contributed by atoms with Crippen molar-refractivity contribution >= 4 is 12.1 Å². The molecule has 1 unspecified atom stereocenters. The fourth-order valence-electron chi connectivity index (χ4n) is 1.41. The number of rotatable bonds is 2. The van der Waals surface area contributed by atoms with Crippen molar-refractivity contribution < 1.29 is 9.18 Å². The van der Waals surface area contributed by atoms with Gasteiger partial charge in [0.1, 0.15) is 24.0 Å². The summed E-state index contributed by atoms with van der Waals surface area (Å²) in [6.45, 7) is 0. The lowest BCUT2D eigenvalue weighted by Crippen LogP contribution is -2.34. The van der Waals surface area contributed by atoms with Gasteiger partial charge in [0.25, 0.3) is 0 Å². The van der Waals surface area contributed by atoms with Crippen molar-refractivity contribution in [3.8, 4) is 0 Å². The first kappa shape index (κ1) is 9.58. The molecule has 1 aliphatic heterocycles. The molecule has 76 valence electrons. The molecular weight excluding hydrogens is 195 g/mol. The van der Waals surface area contributed by atoms with Crippen LogP contribution < -0.4 is 4.90 Å². The molecule has 0 bridgehead atoms. The lowest BCUT2D eigenvalue weighted by Gasteiger charge is -2.26. The van der Waals surface area contributed by atoms with Gasteiger partial charge in [-0.3, -0.25) is 0 Å². The van der Waals surface area contributed by atoms with Gasteiger partial charge in [-0.05, 0) is 24.3 Å². The van der Waals surface area contributed by atoms with Crippen LogP contribution in [0.1, 0.15) is 0 Å². The molecular formula is C11H9FN2O. The number of pyridine rings is 1. The summed E-state index contributed by atoms with van der Waals surface area (Å²) in [5, 5.41) is 0. The molecule has 0 N–H and O–H groups in total. The van der Waals surface area contributed by atoms with E-state index in [0.717, 1.165) is 0 Å². The predicted octanol–water partition coefficient (Wildman–Crippen LogP) is 1.84. The van der Waals surface area contributed by atoms with Crippen LogP contribution in [0.3, 0.4) is 0 Å². The molecule has 1 aromatic rings. The SMILES string of the molecule is O=CC1C(F)=CC=CN1c1ccccn1. The topological polar surface area (TPSA) is 33.2 Å². The van der Waals surface area contributed by atoms with Crippen LogP contribution in [0.4, 0.5) is 10.2 Å². The molecule has 15 heavy (non-hydrogen) atoms. The molecule has 0 spiro atoms. The van der Waals surface area contributed by atoms with Crippen LogP contribution in [0.2, 0.25) is 0 Å². The number of anilines is 1. The van der Waals surface area contributed by atoms with E-state index in [1.165, 1.54) is 11.0 Å². The predicted molar refractivity (Wildman–Crippen MR) is 54.9 cm³/mol. The van der Waals surface area contributed by atoms with E-state index in [1.54, 1.807) is 36.7 Å². The number of hydrogen-bond donors (Lipinski definition) is 0. The van der Waals surface area contributed by atoms with Crippen LogP contribution >= 0.6 is 0 Å². The Morgan fingerprint density at radius 1 is 1.47 bits per heavy atom. The minimum absolute atomic E-state index is 0.474. The molecule has 1 aromatic heterocycles. The summed E-state index contributed by atoms with van der Waals surface area (Å²) in [7, 11) is 0. The van der Waals surface area contributed by atoms with E-state index in [9.17, 15) is 9.18 Å². The Kier molecular flexibility index (Phi) is 2.58. The van der Waals surface area contributed by atoms with E-state index >= 15 is 0 Å². The van der Waals surface area contributed by atoms with Crippen LogP contribution in [-0.2, 0) is 4.79 Å². The summed E-state index contributed by atoms with van der Waals surface area (Å²) in [5.41, 5.74) is 0. The molecule has 0 aliphatic carbocycles. The fraction of sp³-hybridized carbons (Fsp3) is 0.0909. The van der Waals surface area contributed by atoms with Crippen LogP contribution in [0.25, 0.3) is 0 Å². The molecule has 4 heteroatoms. The highest BCUT2D eigenvalue weighted by Crippen LogP contribution is 2.21. The molecule has 0 amide bonds. The lowest BCUT2D eigenvalue weighted by atomic mass is 10.2. The molecule has 0 saturated carbocycles. The third-order valence-electron chi connectivity index (χ3n) is 2.13. The minimum Gasteiger partial charge on any atom is -0.316 e. The summed E-state index contributed by atoms with van der Waals surface area (Å²) < 4.78 is 13.3. The van der Waals surface area contributed by atoms with Gasteiger partial charge >= 0.3 is 0 Å². The van der Waals surface area contributed by atoms with E-state index in [2.05, 4.69) is 4.98 Å². The Bertz CT molecular complexity index is 414. The van der Waals surface area contributed by atoms with Gasteiger partial charge in [-0.25, -0.2) is 9.37 Å². The highest BCUT2D eigenvalue weighted by Gasteiger charge is 2.23. The summed E-state index contributed by atoms with van der Waals surface area (Å²) in [4.78, 5) is 16.3.